The fourth-order valence-corrected chi connectivity index (χ4v) is 2.71. The smallest absolute Gasteiger partial charge is 0.240 e. The molecule has 2 N–H and O–H groups in total. The first-order valence-electron chi connectivity index (χ1n) is 8.93. The predicted molar refractivity (Wildman–Crippen MR) is 93.6 cm³/mol. The van der Waals surface area contributed by atoms with E-state index in [4.69, 9.17) is 15.0 Å². The Hall–Kier alpha value is -1.51. The molecule has 1 fully saturated rings. The highest BCUT2D eigenvalue weighted by molar-refractivity contribution is 5.82. The maximum Gasteiger partial charge on any atom is 0.240 e. The van der Waals surface area contributed by atoms with Gasteiger partial charge in [0.05, 0.1) is 12.6 Å². The van der Waals surface area contributed by atoms with Gasteiger partial charge in [-0.15, -0.1) is 0 Å². The van der Waals surface area contributed by atoms with E-state index in [0.29, 0.717) is 38.0 Å². The lowest BCUT2D eigenvalue weighted by Gasteiger charge is -2.37. The van der Waals surface area contributed by atoms with Gasteiger partial charge in [-0.1, -0.05) is 25.9 Å². The number of ether oxygens (including phenoxy) is 1. The van der Waals surface area contributed by atoms with Crippen molar-refractivity contribution in [1.29, 1.82) is 0 Å². The summed E-state index contributed by atoms with van der Waals surface area (Å²) in [6.45, 7) is 13.9. The van der Waals surface area contributed by atoms with E-state index in [2.05, 4.69) is 15.0 Å². The van der Waals surface area contributed by atoms with Crippen LogP contribution in [-0.2, 0) is 16.1 Å². The number of hydrogen-bond acceptors (Lipinski definition) is 7. The number of nitrogens with two attached hydrogens (primary N) is 1. The van der Waals surface area contributed by atoms with E-state index >= 15 is 0 Å². The molecule has 1 saturated heterocycles. The monoisotopic (exact) mass is 353 g/mol. The molecule has 142 valence electrons. The van der Waals surface area contributed by atoms with Crippen LogP contribution in [0.25, 0.3) is 0 Å². The molecule has 1 aromatic rings. The SMILES string of the molecule is CCOC(C)c1noc(CN2CCN(C(=O)[C@@H](N)C(C)(C)C)CC2)n1. The Morgan fingerprint density at radius 3 is 2.52 bits per heavy atom. The van der Waals surface area contributed by atoms with Crippen molar-refractivity contribution < 1.29 is 14.1 Å². The molecule has 8 heteroatoms. The van der Waals surface area contributed by atoms with Crippen molar-refractivity contribution in [2.24, 2.45) is 11.1 Å². The van der Waals surface area contributed by atoms with Crippen molar-refractivity contribution in [2.45, 2.75) is 53.3 Å². The van der Waals surface area contributed by atoms with E-state index in [1.54, 1.807) is 0 Å². The zero-order valence-electron chi connectivity index (χ0n) is 16.0. The van der Waals surface area contributed by atoms with Gasteiger partial charge in [0.1, 0.15) is 6.10 Å². The average Bonchev–Trinajstić information content (AvgIpc) is 3.02. The first kappa shape index (κ1) is 19.8. The molecule has 2 atom stereocenters. The Morgan fingerprint density at radius 2 is 1.96 bits per heavy atom. The molecule has 1 unspecified atom stereocenters. The van der Waals surface area contributed by atoms with Crippen LogP contribution in [0, 0.1) is 5.41 Å². The maximum absolute atomic E-state index is 12.5. The zero-order chi connectivity index (χ0) is 18.6. The summed E-state index contributed by atoms with van der Waals surface area (Å²) < 4.78 is 10.8. The highest BCUT2D eigenvalue weighted by Gasteiger charge is 2.32. The molecule has 0 aromatic carbocycles. The van der Waals surface area contributed by atoms with Gasteiger partial charge in [-0.05, 0) is 19.3 Å². The lowest BCUT2D eigenvalue weighted by molar-refractivity contribution is -0.136. The third-order valence-electron chi connectivity index (χ3n) is 4.51. The lowest BCUT2D eigenvalue weighted by atomic mass is 9.86. The van der Waals surface area contributed by atoms with Crippen LogP contribution >= 0.6 is 0 Å². The van der Waals surface area contributed by atoms with Crippen LogP contribution in [0.4, 0.5) is 0 Å². The summed E-state index contributed by atoms with van der Waals surface area (Å²) in [6.07, 6.45) is -0.171. The molecule has 0 aliphatic carbocycles. The van der Waals surface area contributed by atoms with Crippen LogP contribution in [-0.4, -0.2) is 64.7 Å². The van der Waals surface area contributed by atoms with Crippen LogP contribution in [0.3, 0.4) is 0 Å². The summed E-state index contributed by atoms with van der Waals surface area (Å²) in [7, 11) is 0. The van der Waals surface area contributed by atoms with Gasteiger partial charge in [-0.25, -0.2) is 0 Å². The van der Waals surface area contributed by atoms with E-state index in [-0.39, 0.29) is 17.4 Å². The minimum atomic E-state index is -0.474. The van der Waals surface area contributed by atoms with E-state index < -0.39 is 6.04 Å². The van der Waals surface area contributed by atoms with Crippen molar-refractivity contribution in [3.63, 3.8) is 0 Å². The summed E-state index contributed by atoms with van der Waals surface area (Å²) in [4.78, 5) is 20.9. The molecular weight excluding hydrogens is 322 g/mol. The predicted octanol–water partition coefficient (Wildman–Crippen LogP) is 1.18. The second kappa shape index (κ2) is 8.25. The fraction of sp³-hybridized carbons (Fsp3) is 0.824. The van der Waals surface area contributed by atoms with Gasteiger partial charge >= 0.3 is 0 Å². The first-order chi connectivity index (χ1) is 11.7. The van der Waals surface area contributed by atoms with Gasteiger partial charge < -0.3 is 19.9 Å². The van der Waals surface area contributed by atoms with Gasteiger partial charge in [0.15, 0.2) is 5.82 Å². The normalized spacial score (nSPS) is 19.0. The number of rotatable bonds is 6. The minimum Gasteiger partial charge on any atom is -0.371 e. The van der Waals surface area contributed by atoms with E-state index in [1.165, 1.54) is 0 Å². The number of carbonyl (C=O) groups is 1. The number of aromatic nitrogens is 2. The van der Waals surface area contributed by atoms with Crippen molar-refractivity contribution >= 4 is 5.91 Å². The van der Waals surface area contributed by atoms with Crippen LogP contribution in [0.2, 0.25) is 0 Å². The largest absolute Gasteiger partial charge is 0.371 e. The summed E-state index contributed by atoms with van der Waals surface area (Å²) in [5.41, 5.74) is 5.86. The van der Waals surface area contributed by atoms with Gasteiger partial charge in [0.2, 0.25) is 11.8 Å². The van der Waals surface area contributed by atoms with Gasteiger partial charge in [0.25, 0.3) is 0 Å². The Labute approximate surface area is 149 Å². The van der Waals surface area contributed by atoms with Crippen LogP contribution in [0.15, 0.2) is 4.52 Å². The Morgan fingerprint density at radius 1 is 1.32 bits per heavy atom. The third-order valence-corrected chi connectivity index (χ3v) is 4.51. The van der Waals surface area contributed by atoms with Crippen LogP contribution in [0.1, 0.15) is 52.4 Å². The third kappa shape index (κ3) is 5.23. The number of hydrogen-bond donors (Lipinski definition) is 1. The quantitative estimate of drug-likeness (QED) is 0.820. The standard InChI is InChI=1S/C17H31N5O3/c1-6-24-12(2)15-19-13(25-20-15)11-21-7-9-22(10-8-21)16(23)14(18)17(3,4)5/h12,14H,6-11,18H2,1-5H3/t12?,14-/m1/s1. The van der Waals surface area contributed by atoms with Crippen LogP contribution < -0.4 is 5.73 Å². The molecule has 8 nitrogen and oxygen atoms in total. The van der Waals surface area contributed by atoms with Crippen molar-refractivity contribution in [1.82, 2.24) is 19.9 Å². The molecule has 1 aliphatic heterocycles. The molecule has 2 heterocycles. The summed E-state index contributed by atoms with van der Waals surface area (Å²) in [6, 6.07) is -0.474. The minimum absolute atomic E-state index is 0.0257. The van der Waals surface area contributed by atoms with E-state index in [0.717, 1.165) is 13.1 Å². The summed E-state index contributed by atoms with van der Waals surface area (Å²) in [5, 5.41) is 3.97. The number of amides is 1. The molecule has 25 heavy (non-hydrogen) atoms. The molecule has 1 amide bonds. The molecule has 2 rings (SSSR count). The van der Waals surface area contributed by atoms with E-state index in [1.807, 2.05) is 39.5 Å². The Kier molecular flexibility index (Phi) is 6.53. The molecule has 0 bridgehead atoms. The topological polar surface area (TPSA) is 97.7 Å². The van der Waals surface area contributed by atoms with Gasteiger partial charge in [-0.3, -0.25) is 9.69 Å². The van der Waals surface area contributed by atoms with Crippen molar-refractivity contribution in [2.75, 3.05) is 32.8 Å². The van der Waals surface area contributed by atoms with Crippen molar-refractivity contribution in [3.05, 3.63) is 11.7 Å². The molecule has 1 aromatic heterocycles. The molecule has 1 aliphatic rings. The summed E-state index contributed by atoms with van der Waals surface area (Å²) in [5.74, 6) is 1.17. The second-order valence-electron chi connectivity index (χ2n) is 7.59. The first-order valence-corrected chi connectivity index (χ1v) is 8.93. The van der Waals surface area contributed by atoms with Gasteiger partial charge in [-0.2, -0.15) is 4.98 Å². The van der Waals surface area contributed by atoms with E-state index in [9.17, 15) is 4.79 Å². The summed E-state index contributed by atoms with van der Waals surface area (Å²) >= 11 is 0. The zero-order valence-corrected chi connectivity index (χ0v) is 16.0. The highest BCUT2D eigenvalue weighted by atomic mass is 16.5. The molecule has 0 radical (unpaired) electrons. The second-order valence-corrected chi connectivity index (χ2v) is 7.59. The number of piperazine rings is 1. The van der Waals surface area contributed by atoms with Crippen LogP contribution in [0.5, 0.6) is 0 Å². The molecular formula is C17H31N5O3. The molecule has 0 saturated carbocycles. The average molecular weight is 353 g/mol. The number of carbonyl (C=O) groups excluding carboxylic acids is 1. The maximum atomic E-state index is 12.5. The number of nitrogens with zero attached hydrogens (tertiary/aromatic N) is 4. The van der Waals surface area contributed by atoms with Gasteiger partial charge in [0, 0.05) is 32.8 Å². The Balaban J connectivity index is 1.84. The molecule has 0 spiro atoms. The van der Waals surface area contributed by atoms with Crippen molar-refractivity contribution in [3.8, 4) is 0 Å². The highest BCUT2D eigenvalue weighted by Crippen LogP contribution is 2.20. The lowest BCUT2D eigenvalue weighted by Crippen LogP contribution is -2.56. The Bertz CT molecular complexity index is 561. The fourth-order valence-electron chi connectivity index (χ4n) is 2.71.